The number of phenols is 1. The quantitative estimate of drug-likeness (QED) is 0.328. The van der Waals surface area contributed by atoms with Gasteiger partial charge in [0.25, 0.3) is 11.4 Å². The minimum absolute atomic E-state index is 0.0478. The highest BCUT2D eigenvalue weighted by Gasteiger charge is 2.28. The Morgan fingerprint density at radius 2 is 1.37 bits per heavy atom. The fourth-order valence-electron chi connectivity index (χ4n) is 2.17. The SMILES string of the molecule is O=C(CC(=O)c1cc([N+](=O)[O-])cc([N+](=O)[O-])c1O)c1ccc([N+](=O)[O-])cc1. The minimum Gasteiger partial charge on any atom is -0.502 e. The van der Waals surface area contributed by atoms with Gasteiger partial charge in [0.05, 0.1) is 32.8 Å². The van der Waals surface area contributed by atoms with E-state index in [2.05, 4.69) is 0 Å². The van der Waals surface area contributed by atoms with Crippen molar-refractivity contribution in [2.75, 3.05) is 0 Å². The zero-order chi connectivity index (χ0) is 20.3. The Kier molecular flexibility index (Phi) is 5.20. The van der Waals surface area contributed by atoms with E-state index >= 15 is 0 Å². The zero-order valence-corrected chi connectivity index (χ0v) is 13.2. The van der Waals surface area contributed by atoms with Crippen molar-refractivity contribution >= 4 is 28.6 Å². The molecule has 12 heteroatoms. The van der Waals surface area contributed by atoms with Crippen molar-refractivity contribution in [1.82, 2.24) is 0 Å². The number of nitro benzene ring substituents is 3. The van der Waals surface area contributed by atoms with Crippen molar-refractivity contribution in [2.24, 2.45) is 0 Å². The molecule has 0 saturated carbocycles. The molecule has 27 heavy (non-hydrogen) atoms. The maximum Gasteiger partial charge on any atom is 0.318 e. The van der Waals surface area contributed by atoms with Crippen LogP contribution in [-0.4, -0.2) is 31.4 Å². The second kappa shape index (κ2) is 7.35. The van der Waals surface area contributed by atoms with Gasteiger partial charge < -0.3 is 5.11 Å². The number of aromatic hydroxyl groups is 1. The van der Waals surface area contributed by atoms with Gasteiger partial charge in [0.2, 0.25) is 5.75 Å². The van der Waals surface area contributed by atoms with E-state index in [0.717, 1.165) is 24.3 Å². The average molecular weight is 375 g/mol. The zero-order valence-electron chi connectivity index (χ0n) is 13.2. The van der Waals surface area contributed by atoms with Crippen LogP contribution < -0.4 is 0 Å². The van der Waals surface area contributed by atoms with Gasteiger partial charge in [-0.15, -0.1) is 0 Å². The number of nitro groups is 3. The lowest BCUT2D eigenvalue weighted by atomic mass is 9.99. The first kappa shape index (κ1) is 19.1. The van der Waals surface area contributed by atoms with E-state index in [0.29, 0.717) is 12.1 Å². The molecule has 0 unspecified atom stereocenters. The molecule has 0 saturated heterocycles. The Bertz CT molecular complexity index is 983. The Balaban J connectivity index is 2.34. The number of benzene rings is 2. The second-order valence-electron chi connectivity index (χ2n) is 5.20. The fourth-order valence-corrected chi connectivity index (χ4v) is 2.17. The van der Waals surface area contributed by atoms with E-state index in [4.69, 9.17) is 0 Å². The monoisotopic (exact) mass is 375 g/mol. The third kappa shape index (κ3) is 4.07. The number of carbonyl (C=O) groups excluding carboxylic acids is 2. The Labute approximate surface area is 149 Å². The van der Waals surface area contributed by atoms with E-state index in [9.17, 15) is 45.0 Å². The summed E-state index contributed by atoms with van der Waals surface area (Å²) < 4.78 is 0. The first-order valence-electron chi connectivity index (χ1n) is 7.08. The molecular weight excluding hydrogens is 366 g/mol. The van der Waals surface area contributed by atoms with Crippen LogP contribution in [0.5, 0.6) is 5.75 Å². The molecule has 2 aromatic carbocycles. The molecule has 0 spiro atoms. The third-order valence-corrected chi connectivity index (χ3v) is 3.50. The van der Waals surface area contributed by atoms with Crippen LogP contribution in [0, 0.1) is 30.3 Å². The minimum atomic E-state index is -1.10. The number of Topliss-reactive ketones (excluding diaryl/α,β-unsaturated/α-hetero) is 2. The molecule has 0 aliphatic carbocycles. The summed E-state index contributed by atoms with van der Waals surface area (Å²) in [7, 11) is 0. The second-order valence-corrected chi connectivity index (χ2v) is 5.20. The topological polar surface area (TPSA) is 184 Å². The summed E-state index contributed by atoms with van der Waals surface area (Å²) in [6.45, 7) is 0. The maximum atomic E-state index is 12.2. The van der Waals surface area contributed by atoms with E-state index in [-0.39, 0.29) is 11.3 Å². The molecule has 0 aliphatic heterocycles. The lowest BCUT2D eigenvalue weighted by Crippen LogP contribution is -2.10. The summed E-state index contributed by atoms with van der Waals surface area (Å²) in [6.07, 6.45) is -0.857. The molecule has 138 valence electrons. The lowest BCUT2D eigenvalue weighted by molar-refractivity contribution is -0.394. The number of rotatable bonds is 7. The predicted octanol–water partition coefficient (Wildman–Crippen LogP) is 2.57. The van der Waals surface area contributed by atoms with Gasteiger partial charge >= 0.3 is 5.69 Å². The lowest BCUT2D eigenvalue weighted by Gasteiger charge is -2.05. The van der Waals surface area contributed by atoms with Gasteiger partial charge in [0.15, 0.2) is 11.6 Å². The highest BCUT2D eigenvalue weighted by atomic mass is 16.6. The van der Waals surface area contributed by atoms with Gasteiger partial charge in [-0.2, -0.15) is 0 Å². The smallest absolute Gasteiger partial charge is 0.318 e. The van der Waals surface area contributed by atoms with Gasteiger partial charge in [0, 0.05) is 23.8 Å². The number of nitrogens with zero attached hydrogens (tertiary/aromatic N) is 3. The summed E-state index contributed by atoms with van der Waals surface area (Å²) in [4.78, 5) is 53.9. The Hall–Kier alpha value is -4.22. The number of carbonyl (C=O) groups is 2. The summed E-state index contributed by atoms with van der Waals surface area (Å²) in [5.41, 5.74) is -2.91. The molecule has 0 aliphatic rings. The van der Waals surface area contributed by atoms with E-state index in [1.165, 1.54) is 0 Å². The van der Waals surface area contributed by atoms with Crippen LogP contribution in [0.15, 0.2) is 36.4 Å². The Morgan fingerprint density at radius 1 is 0.815 bits per heavy atom. The van der Waals surface area contributed by atoms with Gasteiger partial charge in [-0.1, -0.05) is 0 Å². The molecule has 2 rings (SSSR count). The van der Waals surface area contributed by atoms with Crippen molar-refractivity contribution in [3.8, 4) is 5.75 Å². The van der Waals surface area contributed by atoms with E-state index in [1.54, 1.807) is 0 Å². The van der Waals surface area contributed by atoms with Crippen molar-refractivity contribution in [1.29, 1.82) is 0 Å². The van der Waals surface area contributed by atoms with Crippen LogP contribution in [0.3, 0.4) is 0 Å². The fraction of sp³-hybridized carbons (Fsp3) is 0.0667. The maximum absolute atomic E-state index is 12.2. The molecule has 0 bridgehead atoms. The molecule has 0 atom stereocenters. The number of phenolic OH excluding ortho intramolecular Hbond substituents is 1. The van der Waals surface area contributed by atoms with Crippen LogP contribution in [0.4, 0.5) is 17.1 Å². The van der Waals surface area contributed by atoms with Crippen molar-refractivity contribution in [3.63, 3.8) is 0 Å². The van der Waals surface area contributed by atoms with Crippen molar-refractivity contribution < 1.29 is 29.5 Å². The molecule has 0 aromatic heterocycles. The van der Waals surface area contributed by atoms with Crippen molar-refractivity contribution in [2.45, 2.75) is 6.42 Å². The standard InChI is InChI=1S/C15H9N3O9/c19-13(8-1-3-9(4-2-8)16(22)23)7-14(20)11-5-10(17(24)25)6-12(15(11)21)18(26)27/h1-6,21H,7H2. The normalized spacial score (nSPS) is 10.2. The highest BCUT2D eigenvalue weighted by Crippen LogP contribution is 2.35. The summed E-state index contributed by atoms with van der Waals surface area (Å²) in [5.74, 6) is -2.96. The molecular formula is C15H9N3O9. The molecule has 1 N–H and O–H groups in total. The summed E-state index contributed by atoms with van der Waals surface area (Å²) in [6, 6.07) is 5.45. The summed E-state index contributed by atoms with van der Waals surface area (Å²) in [5, 5.41) is 42.2. The molecule has 0 amide bonds. The van der Waals surface area contributed by atoms with Crippen LogP contribution >= 0.6 is 0 Å². The number of hydrogen-bond donors (Lipinski definition) is 1. The average Bonchev–Trinajstić information content (AvgIpc) is 2.61. The molecule has 12 nitrogen and oxygen atoms in total. The molecule has 0 fully saturated rings. The molecule has 2 aromatic rings. The van der Waals surface area contributed by atoms with Gasteiger partial charge in [0.1, 0.15) is 0 Å². The van der Waals surface area contributed by atoms with Crippen molar-refractivity contribution in [3.05, 3.63) is 77.9 Å². The highest BCUT2D eigenvalue weighted by molar-refractivity contribution is 6.15. The van der Waals surface area contributed by atoms with E-state index < -0.39 is 55.4 Å². The number of hydrogen-bond acceptors (Lipinski definition) is 9. The van der Waals surface area contributed by atoms with Gasteiger partial charge in [-0.3, -0.25) is 39.9 Å². The van der Waals surface area contributed by atoms with Crippen LogP contribution in [0.2, 0.25) is 0 Å². The first-order valence-corrected chi connectivity index (χ1v) is 7.08. The summed E-state index contributed by atoms with van der Waals surface area (Å²) >= 11 is 0. The molecule has 0 heterocycles. The van der Waals surface area contributed by atoms with Crippen LogP contribution in [0.25, 0.3) is 0 Å². The number of non-ortho nitro benzene ring substituents is 2. The third-order valence-electron chi connectivity index (χ3n) is 3.50. The Morgan fingerprint density at radius 3 is 1.85 bits per heavy atom. The first-order chi connectivity index (χ1) is 12.6. The van der Waals surface area contributed by atoms with E-state index in [1.807, 2.05) is 0 Å². The van der Waals surface area contributed by atoms with Crippen LogP contribution in [-0.2, 0) is 0 Å². The molecule has 0 radical (unpaired) electrons. The van der Waals surface area contributed by atoms with Gasteiger partial charge in [-0.25, -0.2) is 0 Å². The van der Waals surface area contributed by atoms with Gasteiger partial charge in [-0.05, 0) is 12.1 Å². The predicted molar refractivity (Wildman–Crippen MR) is 87.8 cm³/mol. The largest absolute Gasteiger partial charge is 0.502 e. The van der Waals surface area contributed by atoms with Crippen LogP contribution in [0.1, 0.15) is 27.1 Å². The number of ketones is 2.